The molecule has 6 heteroatoms. The van der Waals surface area contributed by atoms with Gasteiger partial charge in [0.25, 0.3) is 5.91 Å². The van der Waals surface area contributed by atoms with Gasteiger partial charge in [0.1, 0.15) is 11.3 Å². The minimum Gasteiger partial charge on any atom is -0.497 e. The third kappa shape index (κ3) is 3.38. The van der Waals surface area contributed by atoms with Crippen LogP contribution in [0.15, 0.2) is 28.9 Å². The van der Waals surface area contributed by atoms with E-state index in [0.717, 1.165) is 28.6 Å². The Morgan fingerprint density at radius 3 is 2.92 bits per heavy atom. The van der Waals surface area contributed by atoms with E-state index in [-0.39, 0.29) is 11.8 Å². The van der Waals surface area contributed by atoms with Crippen molar-refractivity contribution in [1.29, 1.82) is 0 Å². The molecule has 0 aliphatic heterocycles. The number of amides is 1. The summed E-state index contributed by atoms with van der Waals surface area (Å²) in [4.78, 5) is 15.8. The molecule has 1 aromatic carbocycles. The lowest BCUT2D eigenvalue weighted by Crippen LogP contribution is -2.27. The molecule has 0 radical (unpaired) electrons. The maximum absolute atomic E-state index is 12.5. The van der Waals surface area contributed by atoms with E-state index < -0.39 is 0 Å². The second-order valence-corrected chi connectivity index (χ2v) is 6.39. The maximum atomic E-state index is 12.5. The van der Waals surface area contributed by atoms with Gasteiger partial charge < -0.3 is 19.6 Å². The number of benzene rings is 1. The van der Waals surface area contributed by atoms with Gasteiger partial charge in [-0.05, 0) is 37.1 Å². The molecule has 0 saturated carbocycles. The maximum Gasteiger partial charge on any atom is 0.256 e. The number of aromatic amines is 1. The van der Waals surface area contributed by atoms with Gasteiger partial charge in [-0.1, -0.05) is 19.0 Å². The number of methoxy groups -OCH3 is 1. The second kappa shape index (κ2) is 7.01. The van der Waals surface area contributed by atoms with Gasteiger partial charge in [-0.2, -0.15) is 0 Å². The number of hydrogen-bond donors (Lipinski definition) is 2. The monoisotopic (exact) mass is 341 g/mol. The normalized spacial score (nSPS) is 11.2. The number of carbonyl (C=O) groups excluding carboxylic acids is 1. The van der Waals surface area contributed by atoms with Crippen molar-refractivity contribution in [2.75, 3.05) is 13.7 Å². The molecule has 3 aromatic rings. The number of carbonyl (C=O) groups is 1. The van der Waals surface area contributed by atoms with Crippen LogP contribution in [0.5, 0.6) is 5.75 Å². The van der Waals surface area contributed by atoms with Crippen molar-refractivity contribution in [3.05, 3.63) is 47.0 Å². The van der Waals surface area contributed by atoms with Gasteiger partial charge in [-0.25, -0.2) is 0 Å². The minimum atomic E-state index is -0.139. The van der Waals surface area contributed by atoms with Crippen molar-refractivity contribution in [2.45, 2.75) is 33.1 Å². The van der Waals surface area contributed by atoms with Crippen LogP contribution in [-0.2, 0) is 6.42 Å². The van der Waals surface area contributed by atoms with Gasteiger partial charge in [-0.15, -0.1) is 0 Å². The third-order valence-corrected chi connectivity index (χ3v) is 4.30. The molecule has 0 aliphatic carbocycles. The van der Waals surface area contributed by atoms with Gasteiger partial charge in [0.05, 0.1) is 12.8 Å². The predicted molar refractivity (Wildman–Crippen MR) is 96.2 cm³/mol. The summed E-state index contributed by atoms with van der Waals surface area (Å²) in [5.74, 6) is 1.42. The average molecular weight is 341 g/mol. The average Bonchev–Trinajstić information content (AvgIpc) is 3.18. The molecule has 0 aliphatic rings. The largest absolute Gasteiger partial charge is 0.497 e. The molecule has 6 nitrogen and oxygen atoms in total. The Labute approximate surface area is 146 Å². The van der Waals surface area contributed by atoms with E-state index >= 15 is 0 Å². The zero-order valence-electron chi connectivity index (χ0n) is 15.0. The minimum absolute atomic E-state index is 0.114. The van der Waals surface area contributed by atoms with E-state index in [4.69, 9.17) is 9.26 Å². The Morgan fingerprint density at radius 1 is 1.40 bits per heavy atom. The highest BCUT2D eigenvalue weighted by Gasteiger charge is 2.22. The highest BCUT2D eigenvalue weighted by atomic mass is 16.5. The SMILES string of the molecule is COc1ccc2[nH]cc(CCNC(=O)c3c(C)noc3C(C)C)c2c1. The molecule has 0 saturated heterocycles. The van der Waals surface area contributed by atoms with E-state index in [1.54, 1.807) is 14.0 Å². The van der Waals surface area contributed by atoms with Crippen LogP contribution in [0.4, 0.5) is 0 Å². The number of fused-ring (bicyclic) bond motifs is 1. The lowest BCUT2D eigenvalue weighted by molar-refractivity contribution is 0.0951. The quantitative estimate of drug-likeness (QED) is 0.718. The molecule has 3 rings (SSSR count). The van der Waals surface area contributed by atoms with Crippen LogP contribution >= 0.6 is 0 Å². The summed E-state index contributed by atoms with van der Waals surface area (Å²) in [5, 5.41) is 8.00. The number of rotatable bonds is 6. The highest BCUT2D eigenvalue weighted by Crippen LogP contribution is 2.24. The van der Waals surface area contributed by atoms with Gasteiger partial charge in [0.15, 0.2) is 5.76 Å². The van der Waals surface area contributed by atoms with Gasteiger partial charge in [0.2, 0.25) is 0 Å². The van der Waals surface area contributed by atoms with Gasteiger partial charge >= 0.3 is 0 Å². The van der Waals surface area contributed by atoms with Crippen LogP contribution in [0, 0.1) is 6.92 Å². The van der Waals surface area contributed by atoms with Crippen molar-refractivity contribution in [3.8, 4) is 5.75 Å². The number of nitrogens with zero attached hydrogens (tertiary/aromatic N) is 1. The zero-order valence-corrected chi connectivity index (χ0v) is 15.0. The molecule has 0 atom stereocenters. The van der Waals surface area contributed by atoms with E-state index in [0.29, 0.717) is 23.6 Å². The van der Waals surface area contributed by atoms with Crippen LogP contribution in [0.3, 0.4) is 0 Å². The lowest BCUT2D eigenvalue weighted by Gasteiger charge is -2.07. The first kappa shape index (κ1) is 17.1. The molecule has 0 fully saturated rings. The summed E-state index contributed by atoms with van der Waals surface area (Å²) >= 11 is 0. The van der Waals surface area contributed by atoms with Crippen molar-refractivity contribution in [3.63, 3.8) is 0 Å². The predicted octanol–water partition coefficient (Wildman–Crippen LogP) is 3.57. The molecule has 132 valence electrons. The number of H-pyrrole nitrogens is 1. The van der Waals surface area contributed by atoms with E-state index in [1.165, 1.54) is 0 Å². The molecule has 1 amide bonds. The van der Waals surface area contributed by atoms with E-state index in [2.05, 4.69) is 15.5 Å². The van der Waals surface area contributed by atoms with Crippen LogP contribution in [0.25, 0.3) is 10.9 Å². The summed E-state index contributed by atoms with van der Waals surface area (Å²) < 4.78 is 10.6. The molecule has 0 spiro atoms. The summed E-state index contributed by atoms with van der Waals surface area (Å²) in [6.45, 7) is 6.29. The summed E-state index contributed by atoms with van der Waals surface area (Å²) in [5.41, 5.74) is 3.37. The van der Waals surface area contributed by atoms with Crippen LogP contribution in [0.2, 0.25) is 0 Å². The van der Waals surface area contributed by atoms with Crippen LogP contribution in [-0.4, -0.2) is 29.7 Å². The molecule has 2 aromatic heterocycles. The Kier molecular flexibility index (Phi) is 4.79. The number of ether oxygens (including phenoxy) is 1. The fourth-order valence-corrected chi connectivity index (χ4v) is 2.95. The number of hydrogen-bond acceptors (Lipinski definition) is 4. The van der Waals surface area contributed by atoms with E-state index in [9.17, 15) is 4.79 Å². The Balaban J connectivity index is 1.69. The fraction of sp³-hybridized carbons (Fsp3) is 0.368. The van der Waals surface area contributed by atoms with Crippen molar-refractivity contribution < 1.29 is 14.1 Å². The van der Waals surface area contributed by atoms with Gasteiger partial charge in [-0.3, -0.25) is 4.79 Å². The lowest BCUT2D eigenvalue weighted by atomic mass is 10.0. The molecule has 0 bridgehead atoms. The highest BCUT2D eigenvalue weighted by molar-refractivity contribution is 5.96. The molecule has 25 heavy (non-hydrogen) atoms. The molecular formula is C19H23N3O3. The van der Waals surface area contributed by atoms with Crippen molar-refractivity contribution >= 4 is 16.8 Å². The number of aromatic nitrogens is 2. The van der Waals surface area contributed by atoms with Gasteiger partial charge in [0, 0.05) is 29.6 Å². The Morgan fingerprint density at radius 2 is 2.20 bits per heavy atom. The van der Waals surface area contributed by atoms with Crippen molar-refractivity contribution in [1.82, 2.24) is 15.5 Å². The van der Waals surface area contributed by atoms with E-state index in [1.807, 2.05) is 38.2 Å². The molecular weight excluding hydrogens is 318 g/mol. The van der Waals surface area contributed by atoms with Crippen molar-refractivity contribution in [2.24, 2.45) is 0 Å². The first-order valence-electron chi connectivity index (χ1n) is 8.39. The summed E-state index contributed by atoms with van der Waals surface area (Å²) in [6, 6.07) is 5.92. The number of aryl methyl sites for hydroxylation is 1. The third-order valence-electron chi connectivity index (χ3n) is 4.30. The van der Waals surface area contributed by atoms with Crippen LogP contribution < -0.4 is 10.1 Å². The standard InChI is InChI=1S/C19H23N3O3/c1-11(2)18-17(12(3)22-25-18)19(23)20-8-7-13-10-21-16-6-5-14(24-4)9-15(13)16/h5-6,9-11,21H,7-8H2,1-4H3,(H,20,23). The Hall–Kier alpha value is -2.76. The molecule has 2 N–H and O–H groups in total. The fourth-order valence-electron chi connectivity index (χ4n) is 2.95. The summed E-state index contributed by atoms with van der Waals surface area (Å²) in [7, 11) is 1.65. The number of nitrogens with one attached hydrogen (secondary N) is 2. The second-order valence-electron chi connectivity index (χ2n) is 6.39. The Bertz CT molecular complexity index is 893. The molecule has 0 unspecified atom stereocenters. The zero-order chi connectivity index (χ0) is 18.0. The first-order chi connectivity index (χ1) is 12.0. The summed E-state index contributed by atoms with van der Waals surface area (Å²) in [6.07, 6.45) is 2.70. The molecule has 2 heterocycles. The first-order valence-corrected chi connectivity index (χ1v) is 8.39. The van der Waals surface area contributed by atoms with Crippen LogP contribution in [0.1, 0.15) is 47.1 Å². The smallest absolute Gasteiger partial charge is 0.256 e. The topological polar surface area (TPSA) is 80.1 Å².